The molecule has 0 aliphatic rings. The molecule has 7 nitrogen and oxygen atoms in total. The quantitative estimate of drug-likeness (QED) is 0.609. The summed E-state index contributed by atoms with van der Waals surface area (Å²) >= 11 is 3.19. The van der Waals surface area contributed by atoms with E-state index in [9.17, 15) is 18.0 Å². The number of carbonyl (C=O) groups excluding carboxylic acids is 1. The number of carboxylic acid groups (broad SMARTS) is 1. The molecule has 0 aliphatic heterocycles. The van der Waals surface area contributed by atoms with Crippen molar-refractivity contribution in [3.8, 4) is 0 Å². The third kappa shape index (κ3) is 6.12. The normalized spacial score (nSPS) is 12.6. The number of hydrogen-bond donors (Lipinski definition) is 3. The van der Waals surface area contributed by atoms with Crippen LogP contribution in [0.2, 0.25) is 0 Å². The topological polar surface area (TPSA) is 113 Å². The average molecular weight is 393 g/mol. The van der Waals surface area contributed by atoms with Crippen molar-refractivity contribution in [1.82, 2.24) is 10.0 Å². The van der Waals surface area contributed by atoms with Gasteiger partial charge in [-0.25, -0.2) is 13.1 Å². The fourth-order valence-electron chi connectivity index (χ4n) is 1.46. The lowest BCUT2D eigenvalue weighted by molar-refractivity contribution is -0.141. The minimum Gasteiger partial charge on any atom is -0.481 e. The van der Waals surface area contributed by atoms with Gasteiger partial charge in [0.15, 0.2) is 0 Å². The summed E-state index contributed by atoms with van der Waals surface area (Å²) in [5.41, 5.74) is 0. The Hall–Kier alpha value is -1.45. The van der Waals surface area contributed by atoms with Crippen molar-refractivity contribution < 1.29 is 23.1 Å². The lowest BCUT2D eigenvalue weighted by atomic mass is 10.2. The summed E-state index contributed by atoms with van der Waals surface area (Å²) in [6.45, 7) is 1.41. The van der Waals surface area contributed by atoms with Crippen LogP contribution in [0.25, 0.3) is 0 Å². The van der Waals surface area contributed by atoms with Crippen molar-refractivity contribution in [1.29, 1.82) is 0 Å². The van der Waals surface area contributed by atoms with Crippen LogP contribution in [0.5, 0.6) is 0 Å². The van der Waals surface area contributed by atoms with Gasteiger partial charge in [-0.1, -0.05) is 28.9 Å². The van der Waals surface area contributed by atoms with E-state index in [0.29, 0.717) is 4.47 Å². The van der Waals surface area contributed by atoms with E-state index in [-0.39, 0.29) is 24.4 Å². The Kier molecular flexibility index (Phi) is 6.98. The number of carboxylic acids is 1. The molecule has 22 heavy (non-hydrogen) atoms. The summed E-state index contributed by atoms with van der Waals surface area (Å²) in [6, 6.07) is 6.20. The molecular weight excluding hydrogens is 376 g/mol. The second-order valence-corrected chi connectivity index (χ2v) is 7.33. The summed E-state index contributed by atoms with van der Waals surface area (Å²) in [5.74, 6) is -2.11. The van der Waals surface area contributed by atoms with Crippen LogP contribution in [-0.2, 0) is 19.6 Å². The van der Waals surface area contributed by atoms with Crippen LogP contribution in [0.4, 0.5) is 0 Å². The maximum atomic E-state index is 12.0. The van der Waals surface area contributed by atoms with Crippen LogP contribution in [-0.4, -0.2) is 38.5 Å². The number of sulfonamides is 1. The van der Waals surface area contributed by atoms with E-state index < -0.39 is 27.8 Å². The van der Waals surface area contributed by atoms with Crippen molar-refractivity contribution in [2.75, 3.05) is 13.1 Å². The summed E-state index contributed by atoms with van der Waals surface area (Å²) in [7, 11) is -3.68. The van der Waals surface area contributed by atoms with Gasteiger partial charge in [0.2, 0.25) is 15.9 Å². The molecule has 0 aromatic heterocycles. The van der Waals surface area contributed by atoms with Gasteiger partial charge in [-0.15, -0.1) is 0 Å². The summed E-state index contributed by atoms with van der Waals surface area (Å²) in [4.78, 5) is 22.2. The molecule has 9 heteroatoms. The van der Waals surface area contributed by atoms with E-state index in [0.717, 1.165) is 0 Å². The highest BCUT2D eigenvalue weighted by Gasteiger charge is 2.15. The number of nitrogens with one attached hydrogen (secondary N) is 2. The van der Waals surface area contributed by atoms with Gasteiger partial charge in [-0.2, -0.15) is 0 Å². The molecule has 1 rings (SSSR count). The van der Waals surface area contributed by atoms with Crippen LogP contribution in [0.15, 0.2) is 33.6 Å². The van der Waals surface area contributed by atoms with Gasteiger partial charge in [-0.3, -0.25) is 9.59 Å². The van der Waals surface area contributed by atoms with Crippen molar-refractivity contribution in [3.05, 3.63) is 28.7 Å². The molecule has 0 aliphatic carbocycles. The molecule has 0 radical (unpaired) electrons. The van der Waals surface area contributed by atoms with E-state index in [2.05, 4.69) is 26.0 Å². The lowest BCUT2D eigenvalue weighted by Crippen LogP contribution is -2.34. The molecule has 0 fully saturated rings. The molecule has 3 N–H and O–H groups in total. The second kappa shape index (κ2) is 8.25. The van der Waals surface area contributed by atoms with E-state index in [1.54, 1.807) is 12.1 Å². The van der Waals surface area contributed by atoms with Crippen LogP contribution in [0.3, 0.4) is 0 Å². The molecule has 122 valence electrons. The van der Waals surface area contributed by atoms with Gasteiger partial charge in [0, 0.05) is 24.0 Å². The zero-order valence-electron chi connectivity index (χ0n) is 11.9. The van der Waals surface area contributed by atoms with Gasteiger partial charge in [0.25, 0.3) is 0 Å². The molecule has 1 unspecified atom stereocenters. The highest BCUT2D eigenvalue weighted by molar-refractivity contribution is 9.10. The van der Waals surface area contributed by atoms with Crippen molar-refractivity contribution in [2.45, 2.75) is 18.2 Å². The number of hydrogen-bond acceptors (Lipinski definition) is 4. The van der Waals surface area contributed by atoms with Crippen LogP contribution < -0.4 is 10.0 Å². The molecule has 0 bridgehead atoms. The number of rotatable bonds is 8. The van der Waals surface area contributed by atoms with Gasteiger partial charge >= 0.3 is 5.97 Å². The van der Waals surface area contributed by atoms with E-state index in [1.807, 2.05) is 0 Å². The molecule has 0 saturated carbocycles. The monoisotopic (exact) mass is 392 g/mol. The molecular formula is C13H17BrN2O5S. The highest BCUT2D eigenvalue weighted by Crippen LogP contribution is 2.15. The lowest BCUT2D eigenvalue weighted by Gasteiger charge is -2.09. The number of carbonyl (C=O) groups is 2. The zero-order valence-corrected chi connectivity index (χ0v) is 14.3. The Morgan fingerprint density at radius 1 is 1.36 bits per heavy atom. The number of amides is 1. The highest BCUT2D eigenvalue weighted by atomic mass is 79.9. The molecule has 1 amide bonds. The first kappa shape index (κ1) is 18.6. The summed E-state index contributed by atoms with van der Waals surface area (Å²) < 4.78 is 26.9. The first-order valence-corrected chi connectivity index (χ1v) is 8.74. The Labute approximate surface area is 137 Å². The standard InChI is InChI=1S/C13H17BrN2O5S/c1-9(13(18)19)8-15-12(17)5-6-16-22(20,21)11-4-2-3-10(14)7-11/h2-4,7,9,16H,5-6,8H2,1H3,(H,15,17)(H,18,19). The van der Waals surface area contributed by atoms with Gasteiger partial charge in [-0.05, 0) is 18.2 Å². The Morgan fingerprint density at radius 3 is 2.64 bits per heavy atom. The summed E-state index contributed by atoms with van der Waals surface area (Å²) in [6.07, 6.45) is -0.0699. The predicted octanol–water partition coefficient (Wildman–Crippen LogP) is 0.954. The molecule has 1 atom stereocenters. The second-order valence-electron chi connectivity index (χ2n) is 4.65. The predicted molar refractivity (Wildman–Crippen MR) is 83.8 cm³/mol. The minimum absolute atomic E-state index is 0.00650. The molecule has 1 aromatic rings. The first-order valence-electron chi connectivity index (χ1n) is 6.47. The third-order valence-electron chi connectivity index (χ3n) is 2.78. The Balaban J connectivity index is 2.43. The average Bonchev–Trinajstić information content (AvgIpc) is 2.44. The van der Waals surface area contributed by atoms with Crippen molar-refractivity contribution in [3.63, 3.8) is 0 Å². The van der Waals surface area contributed by atoms with Crippen molar-refractivity contribution in [2.24, 2.45) is 5.92 Å². The molecule has 0 spiro atoms. The van der Waals surface area contributed by atoms with Gasteiger partial charge < -0.3 is 10.4 Å². The zero-order chi connectivity index (χ0) is 16.8. The SMILES string of the molecule is CC(CNC(=O)CCNS(=O)(=O)c1cccc(Br)c1)C(=O)O. The number of halogens is 1. The van der Waals surface area contributed by atoms with Crippen molar-refractivity contribution >= 4 is 37.8 Å². The van der Waals surface area contributed by atoms with Crippen LogP contribution in [0.1, 0.15) is 13.3 Å². The molecule has 0 heterocycles. The Bertz CT molecular complexity index is 648. The largest absolute Gasteiger partial charge is 0.481 e. The first-order chi connectivity index (χ1) is 10.2. The molecule has 1 aromatic carbocycles. The maximum Gasteiger partial charge on any atom is 0.308 e. The fourth-order valence-corrected chi connectivity index (χ4v) is 3.09. The maximum absolute atomic E-state index is 12.0. The van der Waals surface area contributed by atoms with E-state index in [1.165, 1.54) is 19.1 Å². The third-order valence-corrected chi connectivity index (χ3v) is 4.73. The smallest absolute Gasteiger partial charge is 0.308 e. The number of benzene rings is 1. The number of aliphatic carboxylic acids is 1. The summed E-state index contributed by atoms with van der Waals surface area (Å²) in [5, 5.41) is 11.1. The van der Waals surface area contributed by atoms with E-state index >= 15 is 0 Å². The molecule has 0 saturated heterocycles. The Morgan fingerprint density at radius 2 is 2.05 bits per heavy atom. The van der Waals surface area contributed by atoms with Crippen LogP contribution >= 0.6 is 15.9 Å². The van der Waals surface area contributed by atoms with Crippen LogP contribution in [0, 0.1) is 5.92 Å². The van der Waals surface area contributed by atoms with Gasteiger partial charge in [0.1, 0.15) is 0 Å². The van der Waals surface area contributed by atoms with Gasteiger partial charge in [0.05, 0.1) is 10.8 Å². The van der Waals surface area contributed by atoms with E-state index in [4.69, 9.17) is 5.11 Å². The minimum atomic E-state index is -3.68. The fraction of sp³-hybridized carbons (Fsp3) is 0.385.